The van der Waals surface area contributed by atoms with Crippen LogP contribution in [0.5, 0.6) is 0 Å². The van der Waals surface area contributed by atoms with E-state index in [1.807, 2.05) is 12.1 Å². The summed E-state index contributed by atoms with van der Waals surface area (Å²) in [5, 5.41) is 1.89. The molecule has 21 heavy (non-hydrogen) atoms. The van der Waals surface area contributed by atoms with Crippen molar-refractivity contribution in [3.63, 3.8) is 0 Å². The molecule has 2 nitrogen and oxygen atoms in total. The average molecular weight is 374 g/mol. The van der Waals surface area contributed by atoms with Gasteiger partial charge < -0.3 is 4.90 Å². The molecular weight excluding hydrogens is 348 g/mol. The van der Waals surface area contributed by atoms with Gasteiger partial charge in [-0.2, -0.15) is 0 Å². The van der Waals surface area contributed by atoms with E-state index in [0.29, 0.717) is 11.3 Å². The number of benzene rings is 1. The zero-order valence-corrected chi connectivity index (χ0v) is 15.6. The molecule has 0 N–H and O–H groups in total. The van der Waals surface area contributed by atoms with E-state index in [-0.39, 0.29) is 0 Å². The molecule has 1 atom stereocenters. The van der Waals surface area contributed by atoms with Crippen molar-refractivity contribution in [1.29, 1.82) is 0 Å². The zero-order chi connectivity index (χ0) is 15.5. The highest BCUT2D eigenvalue weighted by atomic mass is 79.9. The first-order chi connectivity index (χ1) is 9.90. The van der Waals surface area contributed by atoms with Gasteiger partial charge in [-0.25, -0.2) is 0 Å². The van der Waals surface area contributed by atoms with Gasteiger partial charge in [0.1, 0.15) is 0 Å². The van der Waals surface area contributed by atoms with Crippen LogP contribution in [-0.2, 0) is 0 Å². The lowest BCUT2D eigenvalue weighted by Crippen LogP contribution is -2.49. The van der Waals surface area contributed by atoms with Gasteiger partial charge in [-0.15, -0.1) is 0 Å². The second-order valence-corrected chi connectivity index (χ2v) is 8.07. The van der Waals surface area contributed by atoms with E-state index in [2.05, 4.69) is 58.6 Å². The van der Waals surface area contributed by atoms with Gasteiger partial charge in [0.15, 0.2) is 0 Å². The maximum atomic E-state index is 5.96. The Kier molecular flexibility index (Phi) is 5.98. The number of hydrogen-bond acceptors (Lipinski definition) is 2. The number of nitrogens with zero attached hydrogens (tertiary/aromatic N) is 2. The third-order valence-corrected chi connectivity index (χ3v) is 5.49. The van der Waals surface area contributed by atoms with Gasteiger partial charge in [-0.1, -0.05) is 48.3 Å². The van der Waals surface area contributed by atoms with Crippen LogP contribution in [0.4, 0.5) is 5.69 Å². The fourth-order valence-corrected chi connectivity index (χ4v) is 4.01. The number of alkyl halides is 1. The number of piperazine rings is 1. The SMILES string of the molecule is CC(C)(C)C(CBr)CN1CCN(c2ccc(Cl)cc2)CC1. The Balaban J connectivity index is 1.87. The normalized spacial score (nSPS) is 18.8. The topological polar surface area (TPSA) is 6.48 Å². The quantitative estimate of drug-likeness (QED) is 0.716. The summed E-state index contributed by atoms with van der Waals surface area (Å²) in [4.78, 5) is 5.05. The Bertz CT molecular complexity index is 433. The highest BCUT2D eigenvalue weighted by Gasteiger charge is 2.27. The molecule has 0 saturated carbocycles. The zero-order valence-electron chi connectivity index (χ0n) is 13.3. The van der Waals surface area contributed by atoms with E-state index >= 15 is 0 Å². The molecule has 1 saturated heterocycles. The first-order valence-corrected chi connectivity index (χ1v) is 9.19. The molecule has 0 aliphatic carbocycles. The second kappa shape index (κ2) is 7.34. The molecule has 1 aliphatic heterocycles. The molecule has 2 rings (SSSR count). The minimum atomic E-state index is 0.358. The maximum Gasteiger partial charge on any atom is 0.0407 e. The van der Waals surface area contributed by atoms with Crippen LogP contribution in [0.1, 0.15) is 20.8 Å². The third-order valence-electron chi connectivity index (χ3n) is 4.45. The Morgan fingerprint density at radius 3 is 2.14 bits per heavy atom. The molecule has 0 bridgehead atoms. The van der Waals surface area contributed by atoms with Crippen LogP contribution in [0.15, 0.2) is 24.3 Å². The molecule has 1 unspecified atom stereocenters. The van der Waals surface area contributed by atoms with Crippen molar-refractivity contribution >= 4 is 33.2 Å². The summed E-state index contributed by atoms with van der Waals surface area (Å²) < 4.78 is 0. The summed E-state index contributed by atoms with van der Waals surface area (Å²) in [6.45, 7) is 12.7. The largest absolute Gasteiger partial charge is 0.369 e. The van der Waals surface area contributed by atoms with E-state index in [1.165, 1.54) is 12.2 Å². The van der Waals surface area contributed by atoms with E-state index in [4.69, 9.17) is 11.6 Å². The first-order valence-electron chi connectivity index (χ1n) is 7.69. The summed E-state index contributed by atoms with van der Waals surface area (Å²) in [7, 11) is 0. The molecule has 0 amide bonds. The second-order valence-electron chi connectivity index (χ2n) is 6.98. The van der Waals surface area contributed by atoms with Crippen LogP contribution in [-0.4, -0.2) is 43.0 Å². The van der Waals surface area contributed by atoms with Crippen LogP contribution in [0.3, 0.4) is 0 Å². The molecule has 1 heterocycles. The predicted molar refractivity (Wildman–Crippen MR) is 96.8 cm³/mol. The molecular formula is C17H26BrClN2. The molecule has 4 heteroatoms. The molecule has 0 radical (unpaired) electrons. The first kappa shape index (κ1) is 17.1. The Morgan fingerprint density at radius 1 is 1.10 bits per heavy atom. The van der Waals surface area contributed by atoms with Gasteiger partial charge in [-0.05, 0) is 35.6 Å². The summed E-state index contributed by atoms with van der Waals surface area (Å²) in [6.07, 6.45) is 0. The number of anilines is 1. The Hall–Kier alpha value is -0.250. The van der Waals surface area contributed by atoms with E-state index in [0.717, 1.165) is 36.5 Å². The fraction of sp³-hybridized carbons (Fsp3) is 0.647. The van der Waals surface area contributed by atoms with Crippen LogP contribution < -0.4 is 4.90 Å². The summed E-state index contributed by atoms with van der Waals surface area (Å²) >= 11 is 9.64. The molecule has 118 valence electrons. The lowest BCUT2D eigenvalue weighted by molar-refractivity contribution is 0.159. The molecule has 0 spiro atoms. The fourth-order valence-electron chi connectivity index (χ4n) is 2.71. The van der Waals surface area contributed by atoms with Crippen molar-refractivity contribution in [2.45, 2.75) is 20.8 Å². The average Bonchev–Trinajstić information content (AvgIpc) is 2.45. The van der Waals surface area contributed by atoms with Crippen molar-refractivity contribution in [1.82, 2.24) is 4.90 Å². The Labute approximate surface area is 142 Å². The van der Waals surface area contributed by atoms with Gasteiger partial charge in [0, 0.05) is 48.8 Å². The highest BCUT2D eigenvalue weighted by Crippen LogP contribution is 2.29. The molecule has 1 fully saturated rings. The van der Waals surface area contributed by atoms with Gasteiger partial charge >= 0.3 is 0 Å². The van der Waals surface area contributed by atoms with E-state index < -0.39 is 0 Å². The lowest BCUT2D eigenvalue weighted by atomic mass is 9.81. The number of rotatable bonds is 4. The summed E-state index contributed by atoms with van der Waals surface area (Å²) in [5.41, 5.74) is 1.64. The third kappa shape index (κ3) is 4.87. The standard InChI is InChI=1S/C17H26BrClN2/c1-17(2,3)14(12-18)13-20-8-10-21(11-9-20)16-6-4-15(19)5-7-16/h4-7,14H,8-13H2,1-3H3. The highest BCUT2D eigenvalue weighted by molar-refractivity contribution is 9.09. The van der Waals surface area contributed by atoms with Crippen molar-refractivity contribution in [2.75, 3.05) is 43.0 Å². The minimum Gasteiger partial charge on any atom is -0.369 e. The van der Waals surface area contributed by atoms with Gasteiger partial charge in [0.05, 0.1) is 0 Å². The number of halogens is 2. The molecule has 1 aromatic carbocycles. The van der Waals surface area contributed by atoms with Gasteiger partial charge in [0.25, 0.3) is 0 Å². The maximum absolute atomic E-state index is 5.96. The number of hydrogen-bond donors (Lipinski definition) is 0. The summed E-state index contributed by atoms with van der Waals surface area (Å²) in [6, 6.07) is 8.19. The Morgan fingerprint density at radius 2 is 1.67 bits per heavy atom. The van der Waals surface area contributed by atoms with Crippen molar-refractivity contribution in [2.24, 2.45) is 11.3 Å². The smallest absolute Gasteiger partial charge is 0.0407 e. The van der Waals surface area contributed by atoms with Crippen molar-refractivity contribution in [3.05, 3.63) is 29.3 Å². The van der Waals surface area contributed by atoms with Crippen molar-refractivity contribution < 1.29 is 0 Å². The van der Waals surface area contributed by atoms with Gasteiger partial charge in [0.2, 0.25) is 0 Å². The molecule has 1 aliphatic rings. The molecule has 0 aromatic heterocycles. The van der Waals surface area contributed by atoms with E-state index in [1.54, 1.807) is 0 Å². The monoisotopic (exact) mass is 372 g/mol. The van der Waals surface area contributed by atoms with Gasteiger partial charge in [-0.3, -0.25) is 4.90 Å². The lowest BCUT2D eigenvalue weighted by Gasteiger charge is -2.40. The van der Waals surface area contributed by atoms with Crippen LogP contribution in [0.2, 0.25) is 5.02 Å². The predicted octanol–water partition coefficient (Wildman–Crippen LogP) is 4.52. The van der Waals surface area contributed by atoms with Crippen LogP contribution in [0, 0.1) is 11.3 Å². The minimum absolute atomic E-state index is 0.358. The van der Waals surface area contributed by atoms with E-state index in [9.17, 15) is 0 Å². The van der Waals surface area contributed by atoms with Crippen LogP contribution in [0.25, 0.3) is 0 Å². The van der Waals surface area contributed by atoms with Crippen LogP contribution >= 0.6 is 27.5 Å². The summed E-state index contributed by atoms with van der Waals surface area (Å²) in [5.74, 6) is 0.694. The molecule has 1 aromatic rings. The van der Waals surface area contributed by atoms with Crippen molar-refractivity contribution in [3.8, 4) is 0 Å².